The molecule has 4 aliphatic carbocycles. The van der Waals surface area contributed by atoms with Crippen molar-refractivity contribution in [1.82, 2.24) is 20.2 Å². The molecule has 0 spiro atoms. The van der Waals surface area contributed by atoms with Crippen molar-refractivity contribution in [2.45, 2.75) is 75.7 Å². The van der Waals surface area contributed by atoms with Gasteiger partial charge in [-0.25, -0.2) is 4.98 Å². The number of carbonyl (C=O) groups is 1. The third-order valence-electron chi connectivity index (χ3n) is 11.0. The highest BCUT2D eigenvalue weighted by molar-refractivity contribution is 6.00. The predicted octanol–water partition coefficient (Wildman–Crippen LogP) is 6.48. The summed E-state index contributed by atoms with van der Waals surface area (Å²) < 4.78 is 47.7. The number of aryl methyl sites for hydroxylation is 1. The van der Waals surface area contributed by atoms with E-state index >= 15 is 0 Å². The Labute approximate surface area is 284 Å². The minimum absolute atomic E-state index is 0.0751. The zero-order chi connectivity index (χ0) is 34.5. The van der Waals surface area contributed by atoms with Crippen molar-refractivity contribution in [2.24, 2.45) is 17.8 Å². The normalized spacial score (nSPS) is 26.8. The molecule has 4 saturated carbocycles. The molecule has 8 rings (SSSR count). The Bertz CT molecular complexity index is 1700. The Morgan fingerprint density at radius 2 is 1.80 bits per heavy atom. The highest BCUT2D eigenvalue weighted by Crippen LogP contribution is 2.57. The SMILES string of the molecule is CNC(=O)c1cccc(C)c1Nc1nc(Nc2ccc(NC3CCN([C@H]4C5CC6CC4C[C@@](O)(C6)C5)CC3)cc2OC)ncc1C(F)(F)F. The lowest BCUT2D eigenvalue weighted by molar-refractivity contribution is -0.161. The van der Waals surface area contributed by atoms with Gasteiger partial charge in [-0.1, -0.05) is 12.1 Å². The zero-order valence-electron chi connectivity index (χ0n) is 28.0. The van der Waals surface area contributed by atoms with Crippen molar-refractivity contribution in [3.05, 3.63) is 59.3 Å². The van der Waals surface area contributed by atoms with Crippen molar-refractivity contribution in [1.29, 1.82) is 0 Å². The van der Waals surface area contributed by atoms with Gasteiger partial charge in [0.15, 0.2) is 0 Å². The molecule has 262 valence electrons. The molecule has 1 aliphatic heterocycles. The van der Waals surface area contributed by atoms with Gasteiger partial charge in [0.05, 0.1) is 29.6 Å². The van der Waals surface area contributed by atoms with E-state index in [2.05, 4.69) is 36.1 Å². The van der Waals surface area contributed by atoms with Crippen molar-refractivity contribution in [3.63, 3.8) is 0 Å². The fourth-order valence-electron chi connectivity index (χ4n) is 9.15. The number of nitrogens with one attached hydrogen (secondary N) is 4. The number of likely N-dealkylation sites (tertiary alicyclic amines) is 1. The van der Waals surface area contributed by atoms with Gasteiger partial charge in [0, 0.05) is 50.2 Å². The number of hydrogen-bond donors (Lipinski definition) is 5. The monoisotopic (exact) mass is 679 g/mol. The molecule has 5 N–H and O–H groups in total. The molecule has 10 nitrogen and oxygen atoms in total. The van der Waals surface area contributed by atoms with Crippen LogP contribution in [0, 0.1) is 24.7 Å². The third-order valence-corrected chi connectivity index (χ3v) is 11.0. The fourth-order valence-corrected chi connectivity index (χ4v) is 9.15. The number of benzene rings is 2. The summed E-state index contributed by atoms with van der Waals surface area (Å²) in [4.78, 5) is 23.3. The number of aromatic nitrogens is 2. The Hall–Kier alpha value is -4.10. The number of alkyl halides is 3. The average Bonchev–Trinajstić information content (AvgIpc) is 3.05. The number of anilines is 5. The van der Waals surface area contributed by atoms with Gasteiger partial charge in [0.2, 0.25) is 5.95 Å². The van der Waals surface area contributed by atoms with E-state index in [1.807, 2.05) is 12.1 Å². The number of methoxy groups -OCH3 is 1. The Morgan fingerprint density at radius 1 is 1.06 bits per heavy atom. The molecule has 2 atom stereocenters. The van der Waals surface area contributed by atoms with E-state index in [0.717, 1.165) is 57.1 Å². The van der Waals surface area contributed by atoms with E-state index < -0.39 is 29.1 Å². The van der Waals surface area contributed by atoms with Crippen LogP contribution in [0.5, 0.6) is 5.75 Å². The molecule has 5 fully saturated rings. The van der Waals surface area contributed by atoms with Gasteiger partial charge in [-0.15, -0.1) is 0 Å². The maximum absolute atomic E-state index is 14.0. The molecule has 5 aliphatic rings. The van der Waals surface area contributed by atoms with Gasteiger partial charge >= 0.3 is 6.18 Å². The summed E-state index contributed by atoms with van der Waals surface area (Å²) in [5.74, 6) is 1.41. The molecular weight excluding hydrogens is 635 g/mol. The van der Waals surface area contributed by atoms with Gasteiger partial charge in [-0.3, -0.25) is 9.69 Å². The maximum Gasteiger partial charge on any atom is 0.421 e. The van der Waals surface area contributed by atoms with E-state index in [0.29, 0.717) is 46.8 Å². The average molecular weight is 680 g/mol. The first-order valence-corrected chi connectivity index (χ1v) is 17.1. The van der Waals surface area contributed by atoms with Crippen LogP contribution in [0.2, 0.25) is 0 Å². The molecule has 2 unspecified atom stereocenters. The molecule has 49 heavy (non-hydrogen) atoms. The molecule has 1 aromatic heterocycles. The molecule has 1 saturated heterocycles. The first-order chi connectivity index (χ1) is 23.4. The Balaban J connectivity index is 1.03. The van der Waals surface area contributed by atoms with Gasteiger partial charge in [-0.2, -0.15) is 18.2 Å². The number of halogens is 3. The highest BCUT2D eigenvalue weighted by atomic mass is 19.4. The molecular formula is C36H44F3N7O3. The number of ether oxygens (including phenoxy) is 1. The van der Waals surface area contributed by atoms with Crippen LogP contribution < -0.4 is 26.0 Å². The minimum atomic E-state index is -4.74. The van der Waals surface area contributed by atoms with Crippen molar-refractivity contribution in [2.75, 3.05) is 43.2 Å². The summed E-state index contributed by atoms with van der Waals surface area (Å²) in [6, 6.07) is 11.3. The third kappa shape index (κ3) is 6.74. The summed E-state index contributed by atoms with van der Waals surface area (Å²) in [6.45, 7) is 3.76. The lowest BCUT2D eigenvalue weighted by atomic mass is 9.52. The number of rotatable bonds is 9. The molecule has 4 bridgehead atoms. The van der Waals surface area contributed by atoms with Crippen LogP contribution in [-0.2, 0) is 6.18 Å². The van der Waals surface area contributed by atoms with Gasteiger partial charge in [-0.05, 0) is 93.4 Å². The number of para-hydroxylation sites is 1. The number of hydrogen-bond acceptors (Lipinski definition) is 9. The van der Waals surface area contributed by atoms with Crippen LogP contribution in [0.15, 0.2) is 42.6 Å². The van der Waals surface area contributed by atoms with Crippen LogP contribution in [0.1, 0.15) is 66.4 Å². The molecule has 0 radical (unpaired) electrons. The van der Waals surface area contributed by atoms with Crippen molar-refractivity contribution >= 4 is 34.7 Å². The molecule has 1 amide bonds. The van der Waals surface area contributed by atoms with Gasteiger partial charge in [0.25, 0.3) is 5.91 Å². The van der Waals surface area contributed by atoms with Gasteiger partial charge < -0.3 is 31.1 Å². The minimum Gasteiger partial charge on any atom is -0.494 e. The number of nitrogens with zero attached hydrogens (tertiary/aromatic N) is 3. The van der Waals surface area contributed by atoms with Crippen molar-refractivity contribution < 1.29 is 27.8 Å². The summed E-state index contributed by atoms with van der Waals surface area (Å²) in [7, 11) is 2.99. The number of piperidine rings is 1. The van der Waals surface area contributed by atoms with E-state index in [1.165, 1.54) is 33.1 Å². The number of carbonyl (C=O) groups excluding carboxylic acids is 1. The Kier molecular flexibility index (Phi) is 8.85. The fraction of sp³-hybridized carbons (Fsp3) is 0.528. The van der Waals surface area contributed by atoms with Crippen LogP contribution >= 0.6 is 0 Å². The molecule has 2 aromatic carbocycles. The van der Waals surface area contributed by atoms with Crippen LogP contribution in [0.3, 0.4) is 0 Å². The van der Waals surface area contributed by atoms with Gasteiger partial charge in [0.1, 0.15) is 17.1 Å². The highest BCUT2D eigenvalue weighted by Gasteiger charge is 2.56. The number of amides is 1. The second-order valence-corrected chi connectivity index (χ2v) is 14.3. The molecule has 3 aromatic rings. The van der Waals surface area contributed by atoms with E-state index in [4.69, 9.17) is 4.74 Å². The summed E-state index contributed by atoms with van der Waals surface area (Å²) in [5, 5.41) is 22.9. The summed E-state index contributed by atoms with van der Waals surface area (Å²) >= 11 is 0. The quantitative estimate of drug-likeness (QED) is 0.173. The topological polar surface area (TPSA) is 124 Å². The summed E-state index contributed by atoms with van der Waals surface area (Å²) in [6.07, 6.45) is 3.47. The lowest BCUT2D eigenvalue weighted by Crippen LogP contribution is -2.62. The first kappa shape index (κ1) is 33.4. The second kappa shape index (κ2) is 13.0. The van der Waals surface area contributed by atoms with Crippen LogP contribution in [-0.4, -0.2) is 70.8 Å². The second-order valence-electron chi connectivity index (χ2n) is 14.3. The number of aliphatic hydroxyl groups is 1. The largest absolute Gasteiger partial charge is 0.494 e. The van der Waals surface area contributed by atoms with Crippen LogP contribution in [0.4, 0.5) is 42.0 Å². The van der Waals surface area contributed by atoms with Crippen LogP contribution in [0.25, 0.3) is 0 Å². The molecule has 13 heteroatoms. The zero-order valence-corrected chi connectivity index (χ0v) is 28.0. The maximum atomic E-state index is 14.0. The Morgan fingerprint density at radius 3 is 2.45 bits per heavy atom. The molecule has 2 heterocycles. The summed E-state index contributed by atoms with van der Waals surface area (Å²) in [5.41, 5.74) is 0.865. The lowest BCUT2D eigenvalue weighted by Gasteiger charge is -2.61. The smallest absolute Gasteiger partial charge is 0.421 e. The first-order valence-electron chi connectivity index (χ1n) is 17.1. The van der Waals surface area contributed by atoms with E-state index in [1.54, 1.807) is 25.1 Å². The predicted molar refractivity (Wildman–Crippen MR) is 182 cm³/mol. The van der Waals surface area contributed by atoms with E-state index in [-0.39, 0.29) is 17.2 Å². The van der Waals surface area contributed by atoms with E-state index in [9.17, 15) is 23.1 Å². The standard InChI is InChI=1S/C36H44F3N7O3/c1-20-5-4-6-26(33(47)40-2)30(20)44-32-27(36(37,38)39)19-41-34(45-32)43-28-8-7-25(15-29(28)49-3)42-24-9-11-46(12-10-24)31-22-13-21-14-23(31)18-35(48,16-21)17-22/h4-8,15,19,21-24,31,42,48H,9-14,16-18H2,1-3H3,(H,40,47)(H2,41,43,44,45)/t21?,22?,23?,31-,35+. The van der Waals surface area contributed by atoms with Crippen molar-refractivity contribution in [3.8, 4) is 5.75 Å².